The van der Waals surface area contributed by atoms with Crippen LogP contribution in [-0.2, 0) is 0 Å². The van der Waals surface area contributed by atoms with Crippen LogP contribution in [0.5, 0.6) is 0 Å². The summed E-state index contributed by atoms with van der Waals surface area (Å²) in [6.45, 7) is 4.00. The molecule has 0 aromatic heterocycles. The Morgan fingerprint density at radius 3 is 2.18 bits per heavy atom. The summed E-state index contributed by atoms with van der Waals surface area (Å²) in [5.74, 6) is -0.234. The van der Waals surface area contributed by atoms with E-state index in [0.29, 0.717) is 0 Å². The standard InChI is InChI=1S/C6H4F.C3H7.Mg/c7-6-4-2-1-3-5-6;1-3-2;/h1-2,4-5H;3H,1-2H3;/q2*-1;+2. The Morgan fingerprint density at radius 1 is 1.45 bits per heavy atom. The molecule has 0 bridgehead atoms. The van der Waals surface area contributed by atoms with Crippen LogP contribution < -0.4 is 0 Å². The van der Waals surface area contributed by atoms with Crippen molar-refractivity contribution in [2.24, 2.45) is 0 Å². The maximum Gasteiger partial charge on any atom is 2.00 e. The second-order valence-corrected chi connectivity index (χ2v) is 1.80. The molecule has 0 spiro atoms. The first-order valence-electron chi connectivity index (χ1n) is 3.17. The van der Waals surface area contributed by atoms with Crippen molar-refractivity contribution in [1.29, 1.82) is 0 Å². The SMILES string of the molecule is C[CH-]C.Fc1c[c-]ccc1.[Mg+2]. The van der Waals surface area contributed by atoms with E-state index >= 15 is 0 Å². The van der Waals surface area contributed by atoms with E-state index in [1.54, 1.807) is 12.1 Å². The van der Waals surface area contributed by atoms with Crippen LogP contribution in [0.1, 0.15) is 13.8 Å². The molecule has 0 aliphatic heterocycles. The summed E-state index contributed by atoms with van der Waals surface area (Å²) < 4.78 is 11.9. The zero-order chi connectivity index (χ0) is 7.82. The Bertz CT molecular complexity index is 151. The molecule has 56 valence electrons. The Labute approximate surface area is 84.0 Å². The fourth-order valence-electron chi connectivity index (χ4n) is 0.371. The minimum Gasteiger partial charge on any atom is -0.335 e. The number of halogens is 1. The van der Waals surface area contributed by atoms with Crippen molar-refractivity contribution >= 4 is 23.1 Å². The molecule has 1 rings (SSSR count). The van der Waals surface area contributed by atoms with Gasteiger partial charge in [0.2, 0.25) is 0 Å². The van der Waals surface area contributed by atoms with Crippen LogP contribution in [0.2, 0.25) is 0 Å². The third-order valence-electron chi connectivity index (χ3n) is 0.669. The van der Waals surface area contributed by atoms with Crippen molar-refractivity contribution in [2.45, 2.75) is 13.8 Å². The van der Waals surface area contributed by atoms with Crippen molar-refractivity contribution in [3.05, 3.63) is 42.6 Å². The average molecular weight is 162 g/mol. The van der Waals surface area contributed by atoms with Crippen molar-refractivity contribution in [2.75, 3.05) is 0 Å². The van der Waals surface area contributed by atoms with Gasteiger partial charge >= 0.3 is 23.1 Å². The molecule has 11 heavy (non-hydrogen) atoms. The van der Waals surface area contributed by atoms with Crippen LogP contribution in [-0.4, -0.2) is 23.1 Å². The molecule has 0 atom stereocenters. The summed E-state index contributed by atoms with van der Waals surface area (Å²) in [7, 11) is 0. The van der Waals surface area contributed by atoms with Gasteiger partial charge in [0.05, 0.1) is 0 Å². The van der Waals surface area contributed by atoms with E-state index in [2.05, 4.69) is 6.07 Å². The zero-order valence-corrected chi connectivity index (χ0v) is 8.39. The van der Waals surface area contributed by atoms with Crippen LogP contribution >= 0.6 is 0 Å². The van der Waals surface area contributed by atoms with E-state index in [-0.39, 0.29) is 28.9 Å². The molecule has 0 aliphatic rings. The number of benzene rings is 1. The van der Waals surface area contributed by atoms with Gasteiger partial charge in [-0.3, -0.25) is 4.39 Å². The number of hydrogen-bond donors (Lipinski definition) is 0. The first-order valence-corrected chi connectivity index (χ1v) is 3.17. The van der Waals surface area contributed by atoms with E-state index in [1.165, 1.54) is 12.1 Å². The molecular weight excluding hydrogens is 151 g/mol. The van der Waals surface area contributed by atoms with Crippen molar-refractivity contribution in [3.8, 4) is 0 Å². The summed E-state index contributed by atoms with van der Waals surface area (Å²) >= 11 is 0. The van der Waals surface area contributed by atoms with Crippen molar-refractivity contribution in [1.82, 2.24) is 0 Å². The molecule has 1 aromatic rings. The summed E-state index contributed by atoms with van der Waals surface area (Å²) in [6.07, 6.45) is 2.00. The fourth-order valence-corrected chi connectivity index (χ4v) is 0.371. The summed E-state index contributed by atoms with van der Waals surface area (Å²) in [5, 5.41) is 0. The van der Waals surface area contributed by atoms with Gasteiger partial charge < -0.3 is 6.42 Å². The number of hydrogen-bond acceptors (Lipinski definition) is 0. The minimum absolute atomic E-state index is 0. The summed E-state index contributed by atoms with van der Waals surface area (Å²) in [6, 6.07) is 8.53. The molecule has 0 saturated carbocycles. The first kappa shape index (κ1) is 13.5. The molecule has 0 unspecified atom stereocenters. The summed E-state index contributed by atoms with van der Waals surface area (Å²) in [4.78, 5) is 0. The molecule has 0 saturated heterocycles. The second-order valence-electron chi connectivity index (χ2n) is 1.80. The largest absolute Gasteiger partial charge is 2.00 e. The van der Waals surface area contributed by atoms with E-state index in [0.717, 1.165) is 0 Å². The van der Waals surface area contributed by atoms with E-state index in [9.17, 15) is 4.39 Å². The molecule has 0 radical (unpaired) electrons. The van der Waals surface area contributed by atoms with Gasteiger partial charge in [-0.2, -0.15) is 32.0 Å². The number of rotatable bonds is 0. The van der Waals surface area contributed by atoms with Gasteiger partial charge in [-0.15, -0.1) is 12.1 Å². The van der Waals surface area contributed by atoms with Gasteiger partial charge in [0.15, 0.2) is 0 Å². The quantitative estimate of drug-likeness (QED) is 0.406. The molecule has 0 fully saturated rings. The maximum absolute atomic E-state index is 11.9. The van der Waals surface area contributed by atoms with E-state index in [4.69, 9.17) is 0 Å². The van der Waals surface area contributed by atoms with Gasteiger partial charge in [0, 0.05) is 5.82 Å². The topological polar surface area (TPSA) is 0 Å². The predicted octanol–water partition coefficient (Wildman–Crippen LogP) is 2.48. The predicted molar refractivity (Wildman–Crippen MR) is 46.6 cm³/mol. The zero-order valence-electron chi connectivity index (χ0n) is 6.97. The average Bonchev–Trinajstić information content (AvgIpc) is 1.91. The van der Waals surface area contributed by atoms with Crippen molar-refractivity contribution < 1.29 is 4.39 Å². The van der Waals surface area contributed by atoms with Crippen LogP contribution in [0, 0.1) is 18.3 Å². The van der Waals surface area contributed by atoms with Gasteiger partial charge in [-0.05, 0) is 0 Å². The molecule has 0 heterocycles. The smallest absolute Gasteiger partial charge is 0.335 e. The molecule has 0 N–H and O–H groups in total. The molecular formula is C9H11FMg. The summed E-state index contributed by atoms with van der Waals surface area (Å²) in [5.41, 5.74) is 0. The molecule has 1 aromatic carbocycles. The monoisotopic (exact) mass is 162 g/mol. The third kappa shape index (κ3) is 9.92. The second kappa shape index (κ2) is 9.92. The molecule has 2 heteroatoms. The van der Waals surface area contributed by atoms with E-state index in [1.807, 2.05) is 20.3 Å². The van der Waals surface area contributed by atoms with Crippen LogP contribution in [0.4, 0.5) is 4.39 Å². The Balaban J connectivity index is 0. The Kier molecular flexibility index (Phi) is 12.2. The Morgan fingerprint density at radius 2 is 2.00 bits per heavy atom. The van der Waals surface area contributed by atoms with Crippen LogP contribution in [0.3, 0.4) is 0 Å². The minimum atomic E-state index is -0.234. The van der Waals surface area contributed by atoms with Gasteiger partial charge in [-0.1, -0.05) is 0 Å². The third-order valence-corrected chi connectivity index (χ3v) is 0.669. The molecule has 0 aliphatic carbocycles. The maximum atomic E-state index is 11.9. The Hall–Kier alpha value is -0.0838. The normalized spacial score (nSPS) is 7.18. The van der Waals surface area contributed by atoms with Gasteiger partial charge in [0.1, 0.15) is 0 Å². The molecule has 0 nitrogen and oxygen atoms in total. The van der Waals surface area contributed by atoms with Gasteiger partial charge in [0.25, 0.3) is 0 Å². The van der Waals surface area contributed by atoms with Crippen LogP contribution in [0.15, 0.2) is 24.3 Å². The van der Waals surface area contributed by atoms with Gasteiger partial charge in [-0.25, -0.2) is 0 Å². The first-order chi connectivity index (χ1) is 4.81. The molecule has 0 amide bonds. The van der Waals surface area contributed by atoms with Crippen molar-refractivity contribution in [3.63, 3.8) is 0 Å². The van der Waals surface area contributed by atoms with Crippen LogP contribution in [0.25, 0.3) is 0 Å². The van der Waals surface area contributed by atoms with E-state index < -0.39 is 0 Å². The fraction of sp³-hybridized carbons (Fsp3) is 0.222.